The van der Waals surface area contributed by atoms with Crippen molar-refractivity contribution in [2.45, 2.75) is 45.1 Å². The Morgan fingerprint density at radius 2 is 1.90 bits per heavy atom. The number of aromatic nitrogens is 2. The van der Waals surface area contributed by atoms with Crippen molar-refractivity contribution >= 4 is 11.9 Å². The molecule has 8 nitrogen and oxygen atoms in total. The molecule has 0 saturated heterocycles. The fraction of sp³-hybridized carbons (Fsp3) is 0.429. The zero-order chi connectivity index (χ0) is 20.6. The maximum absolute atomic E-state index is 12.5. The van der Waals surface area contributed by atoms with Crippen molar-refractivity contribution in [2.75, 3.05) is 13.2 Å². The van der Waals surface area contributed by atoms with E-state index in [0.29, 0.717) is 5.69 Å². The van der Waals surface area contributed by atoms with Gasteiger partial charge in [-0.3, -0.25) is 9.59 Å². The lowest BCUT2D eigenvalue weighted by Gasteiger charge is -2.22. The van der Waals surface area contributed by atoms with E-state index in [4.69, 9.17) is 9.47 Å². The minimum absolute atomic E-state index is 0.0700. The number of amides is 1. The molecule has 0 radical (unpaired) electrons. The fourth-order valence-corrected chi connectivity index (χ4v) is 3.30. The molecule has 154 valence electrons. The minimum Gasteiger partial charge on any atom is -0.481 e. The molecule has 1 aliphatic carbocycles. The van der Waals surface area contributed by atoms with Crippen LogP contribution in [0.2, 0.25) is 0 Å². The highest BCUT2D eigenvalue weighted by Crippen LogP contribution is 2.18. The number of benzene rings is 1. The molecule has 1 aromatic heterocycles. The van der Waals surface area contributed by atoms with Crippen molar-refractivity contribution in [1.29, 1.82) is 0 Å². The van der Waals surface area contributed by atoms with Crippen LogP contribution in [0.1, 0.15) is 49.5 Å². The molecule has 1 N–H and O–H groups in total. The van der Waals surface area contributed by atoms with E-state index in [1.165, 1.54) is 6.42 Å². The molecule has 0 atom stereocenters. The molecule has 1 saturated carbocycles. The first-order valence-corrected chi connectivity index (χ1v) is 9.87. The summed E-state index contributed by atoms with van der Waals surface area (Å²) in [7, 11) is 0. The Morgan fingerprint density at radius 3 is 2.59 bits per heavy atom. The second-order valence-electron chi connectivity index (χ2n) is 6.85. The smallest absolute Gasteiger partial charge is 0.362 e. The van der Waals surface area contributed by atoms with Crippen LogP contribution in [0, 0.1) is 0 Å². The highest BCUT2D eigenvalue weighted by atomic mass is 16.5. The van der Waals surface area contributed by atoms with Gasteiger partial charge in [-0.05, 0) is 31.9 Å². The maximum Gasteiger partial charge on any atom is 0.362 e. The van der Waals surface area contributed by atoms with Crippen molar-refractivity contribution < 1.29 is 19.1 Å². The Morgan fingerprint density at radius 1 is 1.17 bits per heavy atom. The SMILES string of the molecule is CCOC(=O)c1nn(-c2ccccc2)c(=O)cc1OCC(=O)NC1CCCCC1. The first-order chi connectivity index (χ1) is 14.1. The molecule has 1 aliphatic rings. The average Bonchev–Trinajstić information content (AvgIpc) is 2.74. The number of carbonyl (C=O) groups is 2. The number of nitrogens with one attached hydrogen (secondary N) is 1. The zero-order valence-electron chi connectivity index (χ0n) is 16.4. The molecular formula is C21H25N3O5. The number of carbonyl (C=O) groups excluding carboxylic acids is 2. The summed E-state index contributed by atoms with van der Waals surface area (Å²) >= 11 is 0. The second kappa shape index (κ2) is 9.86. The normalized spacial score (nSPS) is 14.2. The predicted molar refractivity (Wildman–Crippen MR) is 106 cm³/mol. The van der Waals surface area contributed by atoms with Gasteiger partial charge in [-0.15, -0.1) is 0 Å². The Balaban J connectivity index is 1.79. The van der Waals surface area contributed by atoms with E-state index < -0.39 is 11.5 Å². The summed E-state index contributed by atoms with van der Waals surface area (Å²) in [6.45, 7) is 1.51. The van der Waals surface area contributed by atoms with Crippen LogP contribution in [-0.4, -0.2) is 40.9 Å². The van der Waals surface area contributed by atoms with Crippen LogP contribution in [0.25, 0.3) is 5.69 Å². The van der Waals surface area contributed by atoms with Gasteiger partial charge in [0, 0.05) is 6.04 Å². The van der Waals surface area contributed by atoms with Gasteiger partial charge in [-0.1, -0.05) is 37.5 Å². The van der Waals surface area contributed by atoms with Crippen LogP contribution in [0.15, 0.2) is 41.2 Å². The molecule has 0 aliphatic heterocycles. The van der Waals surface area contributed by atoms with E-state index in [0.717, 1.165) is 36.4 Å². The molecule has 1 heterocycles. The lowest BCUT2D eigenvalue weighted by atomic mass is 9.95. The third-order valence-electron chi connectivity index (χ3n) is 4.70. The van der Waals surface area contributed by atoms with Gasteiger partial charge in [-0.2, -0.15) is 9.78 Å². The Hall–Kier alpha value is -3.16. The van der Waals surface area contributed by atoms with Crippen LogP contribution in [0.4, 0.5) is 0 Å². The number of para-hydroxylation sites is 1. The van der Waals surface area contributed by atoms with Gasteiger partial charge >= 0.3 is 5.97 Å². The quantitative estimate of drug-likeness (QED) is 0.717. The number of hydrogen-bond donors (Lipinski definition) is 1. The van der Waals surface area contributed by atoms with Crippen LogP contribution < -0.4 is 15.6 Å². The van der Waals surface area contributed by atoms with E-state index >= 15 is 0 Å². The van der Waals surface area contributed by atoms with Gasteiger partial charge in [-0.25, -0.2) is 4.79 Å². The van der Waals surface area contributed by atoms with E-state index in [2.05, 4.69) is 10.4 Å². The molecule has 29 heavy (non-hydrogen) atoms. The summed E-state index contributed by atoms with van der Waals surface area (Å²) in [5.41, 5.74) is -0.127. The topological polar surface area (TPSA) is 99.5 Å². The summed E-state index contributed by atoms with van der Waals surface area (Å²) in [6, 6.07) is 10.0. The molecule has 8 heteroatoms. The van der Waals surface area contributed by atoms with Gasteiger partial charge in [0.05, 0.1) is 18.4 Å². The standard InChI is InChI=1S/C21H25N3O5/c1-2-28-21(27)20-17(29-14-18(25)22-15-9-5-3-6-10-15)13-19(26)24(23-20)16-11-7-4-8-12-16/h4,7-8,11-13,15H,2-3,5-6,9-10,14H2,1H3,(H,22,25). The number of hydrogen-bond acceptors (Lipinski definition) is 6. The van der Waals surface area contributed by atoms with E-state index in [9.17, 15) is 14.4 Å². The highest BCUT2D eigenvalue weighted by molar-refractivity contribution is 5.90. The third kappa shape index (κ3) is 5.43. The van der Waals surface area contributed by atoms with Gasteiger partial charge in [0.1, 0.15) is 0 Å². The third-order valence-corrected chi connectivity index (χ3v) is 4.70. The van der Waals surface area contributed by atoms with Crippen LogP contribution >= 0.6 is 0 Å². The fourth-order valence-electron chi connectivity index (χ4n) is 3.30. The summed E-state index contributed by atoms with van der Waals surface area (Å²) in [6.07, 6.45) is 5.29. The Labute approximate surface area is 168 Å². The number of rotatable bonds is 7. The van der Waals surface area contributed by atoms with Gasteiger partial charge in [0.15, 0.2) is 12.4 Å². The molecule has 0 bridgehead atoms. The van der Waals surface area contributed by atoms with Gasteiger partial charge in [0.2, 0.25) is 5.69 Å². The molecule has 1 aromatic carbocycles. The predicted octanol–water partition coefficient (Wildman–Crippen LogP) is 2.24. The highest BCUT2D eigenvalue weighted by Gasteiger charge is 2.21. The monoisotopic (exact) mass is 399 g/mol. The van der Waals surface area contributed by atoms with Crippen LogP contribution in [0.3, 0.4) is 0 Å². The van der Waals surface area contributed by atoms with Crippen molar-refractivity contribution in [3.63, 3.8) is 0 Å². The summed E-state index contributed by atoms with van der Waals surface area (Å²) in [5.74, 6) is -1.08. The molecule has 1 amide bonds. The van der Waals surface area contributed by atoms with Crippen molar-refractivity contribution in [2.24, 2.45) is 0 Å². The van der Waals surface area contributed by atoms with E-state index in [-0.39, 0.29) is 36.6 Å². The first kappa shape index (κ1) is 20.6. The minimum atomic E-state index is -0.722. The molecule has 3 rings (SSSR count). The van der Waals surface area contributed by atoms with Crippen molar-refractivity contribution in [3.8, 4) is 11.4 Å². The molecule has 0 spiro atoms. The number of ether oxygens (including phenoxy) is 2. The maximum atomic E-state index is 12.5. The number of esters is 1. The van der Waals surface area contributed by atoms with E-state index in [1.807, 2.05) is 6.07 Å². The van der Waals surface area contributed by atoms with Crippen LogP contribution in [0.5, 0.6) is 5.75 Å². The Kier molecular flexibility index (Phi) is 6.99. The lowest BCUT2D eigenvalue weighted by molar-refractivity contribution is -0.124. The first-order valence-electron chi connectivity index (χ1n) is 9.87. The molecule has 0 unspecified atom stereocenters. The lowest BCUT2D eigenvalue weighted by Crippen LogP contribution is -2.39. The molecular weight excluding hydrogens is 374 g/mol. The second-order valence-corrected chi connectivity index (χ2v) is 6.85. The van der Waals surface area contributed by atoms with Crippen molar-refractivity contribution in [3.05, 3.63) is 52.4 Å². The van der Waals surface area contributed by atoms with Crippen molar-refractivity contribution in [1.82, 2.24) is 15.1 Å². The van der Waals surface area contributed by atoms with E-state index in [1.54, 1.807) is 31.2 Å². The summed E-state index contributed by atoms with van der Waals surface area (Å²) in [5, 5.41) is 7.06. The molecule has 1 fully saturated rings. The zero-order valence-corrected chi connectivity index (χ0v) is 16.4. The Bertz CT molecular complexity index is 904. The summed E-state index contributed by atoms with van der Waals surface area (Å²) in [4.78, 5) is 37.1. The summed E-state index contributed by atoms with van der Waals surface area (Å²) < 4.78 is 11.6. The van der Waals surface area contributed by atoms with Crippen LogP contribution in [-0.2, 0) is 9.53 Å². The van der Waals surface area contributed by atoms with Gasteiger partial charge < -0.3 is 14.8 Å². The largest absolute Gasteiger partial charge is 0.481 e. The number of nitrogens with zero attached hydrogens (tertiary/aromatic N) is 2. The average molecular weight is 399 g/mol. The van der Waals surface area contributed by atoms with Gasteiger partial charge in [0.25, 0.3) is 11.5 Å². The molecule has 2 aromatic rings.